The average molecular weight is 442 g/mol. The highest BCUT2D eigenvalue weighted by molar-refractivity contribution is 7.83. The van der Waals surface area contributed by atoms with Gasteiger partial charge in [-0.1, -0.05) is 6.07 Å². The van der Waals surface area contributed by atoms with Crippen LogP contribution >= 0.6 is 0 Å². The van der Waals surface area contributed by atoms with Crippen LogP contribution in [0, 0.1) is 0 Å². The monoisotopic (exact) mass is 441 g/mol. The largest absolute Gasteiger partial charge is 0.375 e. The Hall–Kier alpha value is -2.23. The molecule has 0 bridgehead atoms. The minimum Gasteiger partial charge on any atom is -0.375 e. The molecule has 3 heterocycles. The van der Waals surface area contributed by atoms with Crippen LogP contribution in [0.2, 0.25) is 0 Å². The van der Waals surface area contributed by atoms with Gasteiger partial charge in [-0.15, -0.1) is 0 Å². The number of ether oxygens (including phenoxy) is 1. The normalized spacial score (nSPS) is 24.6. The van der Waals surface area contributed by atoms with Gasteiger partial charge in [0.1, 0.15) is 4.90 Å². The number of hydrogen-bond donors (Lipinski definition) is 3. The van der Waals surface area contributed by atoms with Crippen molar-refractivity contribution in [3.8, 4) is 0 Å². The van der Waals surface area contributed by atoms with E-state index < -0.39 is 17.0 Å². The topological polar surface area (TPSA) is 107 Å². The van der Waals surface area contributed by atoms with Crippen molar-refractivity contribution in [3.63, 3.8) is 0 Å². The first kappa shape index (κ1) is 19.5. The molecule has 1 aromatic carbocycles. The average Bonchev–Trinajstić information content (AvgIpc) is 3.22. The summed E-state index contributed by atoms with van der Waals surface area (Å²) in [5.74, 6) is 0.543. The van der Waals surface area contributed by atoms with E-state index in [4.69, 9.17) is 4.74 Å². The SMILES string of the molecule is O=C(Nc1c2c(cc3c1CCC3C1CN1)CCC2)N[S@@](=O)c1cnn2c1COCCC2. The van der Waals surface area contributed by atoms with E-state index in [1.165, 1.54) is 22.3 Å². The summed E-state index contributed by atoms with van der Waals surface area (Å²) in [6.45, 7) is 2.84. The molecule has 3 atom stereocenters. The maximum Gasteiger partial charge on any atom is 0.331 e. The Bertz CT molecular complexity index is 1080. The van der Waals surface area contributed by atoms with Crippen molar-refractivity contribution in [3.05, 3.63) is 40.2 Å². The lowest BCUT2D eigenvalue weighted by Crippen LogP contribution is -2.31. The molecular formula is C22H27N5O3S. The predicted octanol–water partition coefficient (Wildman–Crippen LogP) is 2.14. The van der Waals surface area contributed by atoms with Gasteiger partial charge in [0.2, 0.25) is 0 Å². The minimum atomic E-state index is -1.69. The third kappa shape index (κ3) is 3.48. The van der Waals surface area contributed by atoms with Crippen LogP contribution in [0.3, 0.4) is 0 Å². The zero-order valence-corrected chi connectivity index (χ0v) is 18.2. The van der Waals surface area contributed by atoms with E-state index in [2.05, 4.69) is 26.5 Å². The molecule has 31 heavy (non-hydrogen) atoms. The van der Waals surface area contributed by atoms with E-state index in [1.54, 1.807) is 6.20 Å². The number of carbonyl (C=O) groups is 1. The third-order valence-electron chi connectivity index (χ3n) is 7.00. The van der Waals surface area contributed by atoms with Gasteiger partial charge in [0.05, 0.1) is 18.5 Å². The summed E-state index contributed by atoms with van der Waals surface area (Å²) in [6.07, 6.45) is 7.73. The van der Waals surface area contributed by atoms with E-state index in [-0.39, 0.29) is 0 Å². The maximum atomic E-state index is 12.9. The molecule has 164 valence electrons. The number of aromatic nitrogens is 2. The molecule has 4 aliphatic rings. The van der Waals surface area contributed by atoms with Gasteiger partial charge in [0.15, 0.2) is 11.0 Å². The lowest BCUT2D eigenvalue weighted by atomic mass is 9.93. The quantitative estimate of drug-likeness (QED) is 0.630. The van der Waals surface area contributed by atoms with E-state index >= 15 is 0 Å². The highest BCUT2D eigenvalue weighted by Crippen LogP contribution is 2.45. The number of urea groups is 1. The summed E-state index contributed by atoms with van der Waals surface area (Å²) < 4.78 is 23.0. The fraction of sp³-hybridized carbons (Fsp3) is 0.545. The first-order valence-electron chi connectivity index (χ1n) is 11.2. The Kier molecular flexibility index (Phi) is 4.85. The molecule has 2 aliphatic carbocycles. The molecule has 3 N–H and O–H groups in total. The number of fused-ring (bicyclic) bond motifs is 3. The molecule has 0 spiro atoms. The standard InChI is InChI=1S/C22H27N5O3S/c28-22(26-31(29)20-11-24-27-7-2-8-30-12-19(20)27)25-21-14-4-1-3-13(14)9-17-15(18-10-23-18)5-6-16(17)21/h9,11,15,18,23H,1-8,10,12H2,(H2,25,26,28)/t15?,18?,31-/m0/s1. The highest BCUT2D eigenvalue weighted by Gasteiger charge is 2.38. The molecule has 2 aromatic rings. The Morgan fingerprint density at radius 3 is 3.03 bits per heavy atom. The van der Waals surface area contributed by atoms with Crippen molar-refractivity contribution in [1.29, 1.82) is 0 Å². The number of amides is 2. The molecule has 2 aliphatic heterocycles. The molecule has 1 aromatic heterocycles. The second kappa shape index (κ2) is 7.72. The van der Waals surface area contributed by atoms with Crippen LogP contribution in [0.5, 0.6) is 0 Å². The van der Waals surface area contributed by atoms with Crippen LogP contribution in [-0.4, -0.2) is 39.2 Å². The Morgan fingerprint density at radius 1 is 1.26 bits per heavy atom. The zero-order valence-electron chi connectivity index (χ0n) is 17.4. The molecule has 2 unspecified atom stereocenters. The number of benzene rings is 1. The second-order valence-electron chi connectivity index (χ2n) is 8.88. The third-order valence-corrected chi connectivity index (χ3v) is 8.12. The number of rotatable bonds is 4. The molecule has 1 saturated heterocycles. The fourth-order valence-corrected chi connectivity index (χ4v) is 6.29. The summed E-state index contributed by atoms with van der Waals surface area (Å²) in [5.41, 5.74) is 7.02. The zero-order chi connectivity index (χ0) is 20.9. The van der Waals surface area contributed by atoms with Gasteiger partial charge in [-0.05, 0) is 60.8 Å². The van der Waals surface area contributed by atoms with E-state index in [0.717, 1.165) is 63.0 Å². The Morgan fingerprint density at radius 2 is 2.16 bits per heavy atom. The molecule has 0 radical (unpaired) electrons. The second-order valence-corrected chi connectivity index (χ2v) is 10.1. The lowest BCUT2D eigenvalue weighted by molar-refractivity contribution is 0.123. The van der Waals surface area contributed by atoms with Crippen LogP contribution in [0.1, 0.15) is 53.1 Å². The van der Waals surface area contributed by atoms with Crippen molar-refractivity contribution in [2.45, 2.75) is 68.5 Å². The fourth-order valence-electron chi connectivity index (χ4n) is 5.44. The van der Waals surface area contributed by atoms with E-state index in [0.29, 0.717) is 30.1 Å². The molecule has 6 rings (SSSR count). The van der Waals surface area contributed by atoms with Gasteiger partial charge >= 0.3 is 6.03 Å². The summed E-state index contributed by atoms with van der Waals surface area (Å²) in [7, 11) is -1.69. The van der Waals surface area contributed by atoms with Crippen molar-refractivity contribution < 1.29 is 13.7 Å². The van der Waals surface area contributed by atoms with Gasteiger partial charge in [0.25, 0.3) is 0 Å². The number of carbonyl (C=O) groups excluding carboxylic acids is 1. The number of hydrogen-bond acceptors (Lipinski definition) is 5. The number of anilines is 1. The molecular weight excluding hydrogens is 414 g/mol. The van der Waals surface area contributed by atoms with Gasteiger partial charge < -0.3 is 15.4 Å². The first-order chi connectivity index (χ1) is 15.2. The number of nitrogens with zero attached hydrogens (tertiary/aromatic N) is 2. The van der Waals surface area contributed by atoms with Crippen molar-refractivity contribution in [2.24, 2.45) is 0 Å². The van der Waals surface area contributed by atoms with Crippen molar-refractivity contribution >= 4 is 22.7 Å². The summed E-state index contributed by atoms with van der Waals surface area (Å²) in [5, 5.41) is 10.9. The van der Waals surface area contributed by atoms with Crippen LogP contribution in [0.15, 0.2) is 17.2 Å². The van der Waals surface area contributed by atoms with Gasteiger partial charge in [-0.2, -0.15) is 5.10 Å². The lowest BCUT2D eigenvalue weighted by Gasteiger charge is -2.18. The Balaban J connectivity index is 1.24. The number of aryl methyl sites for hydroxylation is 2. The molecule has 1 fully saturated rings. The van der Waals surface area contributed by atoms with Crippen LogP contribution < -0.4 is 15.4 Å². The van der Waals surface area contributed by atoms with Crippen molar-refractivity contribution in [2.75, 3.05) is 18.5 Å². The minimum absolute atomic E-state index is 0.362. The van der Waals surface area contributed by atoms with E-state index in [9.17, 15) is 9.00 Å². The van der Waals surface area contributed by atoms with E-state index in [1.807, 2.05) is 4.68 Å². The summed E-state index contributed by atoms with van der Waals surface area (Å²) in [4.78, 5) is 13.4. The van der Waals surface area contributed by atoms with Gasteiger partial charge in [-0.25, -0.2) is 9.00 Å². The summed E-state index contributed by atoms with van der Waals surface area (Å²) in [6, 6.07) is 2.54. The smallest absolute Gasteiger partial charge is 0.331 e. The maximum absolute atomic E-state index is 12.9. The van der Waals surface area contributed by atoms with Crippen LogP contribution in [0.4, 0.5) is 10.5 Å². The van der Waals surface area contributed by atoms with Gasteiger partial charge in [0, 0.05) is 37.3 Å². The predicted molar refractivity (Wildman–Crippen MR) is 116 cm³/mol. The number of nitrogens with one attached hydrogen (secondary N) is 3. The van der Waals surface area contributed by atoms with Crippen LogP contribution in [0.25, 0.3) is 0 Å². The highest BCUT2D eigenvalue weighted by atomic mass is 32.2. The summed E-state index contributed by atoms with van der Waals surface area (Å²) >= 11 is 0. The van der Waals surface area contributed by atoms with Crippen molar-refractivity contribution in [1.82, 2.24) is 19.8 Å². The molecule has 0 saturated carbocycles. The van der Waals surface area contributed by atoms with Gasteiger partial charge in [-0.3, -0.25) is 9.40 Å². The van der Waals surface area contributed by atoms with Crippen LogP contribution in [-0.2, 0) is 48.1 Å². The Labute approximate surface area is 183 Å². The molecule has 8 nitrogen and oxygen atoms in total. The molecule has 9 heteroatoms. The first-order valence-corrected chi connectivity index (χ1v) is 12.4. The molecule has 2 amide bonds.